The molecule has 0 aromatic heterocycles. The van der Waals surface area contributed by atoms with Gasteiger partial charge < -0.3 is 15.5 Å². The summed E-state index contributed by atoms with van der Waals surface area (Å²) in [6, 6.07) is 6.93. The number of carbonyl (C=O) groups is 3. The van der Waals surface area contributed by atoms with Gasteiger partial charge in [-0.1, -0.05) is 19.3 Å². The Morgan fingerprint density at radius 3 is 2.27 bits per heavy atom. The Morgan fingerprint density at radius 1 is 1.00 bits per heavy atom. The fourth-order valence-corrected chi connectivity index (χ4v) is 4.70. The third kappa shape index (κ3) is 6.29. The first kappa shape index (κ1) is 22.3. The highest BCUT2D eigenvalue weighted by Gasteiger charge is 2.32. The number of rotatable bonds is 7. The summed E-state index contributed by atoms with van der Waals surface area (Å²) in [5, 5.41) is 5.51. The summed E-state index contributed by atoms with van der Waals surface area (Å²) in [4.78, 5) is 40.2. The number of anilines is 2. The largest absolute Gasteiger partial charge is 0.333 e. The van der Waals surface area contributed by atoms with Gasteiger partial charge in [-0.2, -0.15) is 0 Å². The van der Waals surface area contributed by atoms with Crippen molar-refractivity contribution in [3.05, 3.63) is 24.3 Å². The number of nitrogens with one attached hydrogen (secondary N) is 2. The van der Waals surface area contributed by atoms with Crippen LogP contribution in [0.15, 0.2) is 24.3 Å². The molecule has 3 amide bonds. The van der Waals surface area contributed by atoms with Gasteiger partial charge >= 0.3 is 0 Å². The Bertz CT molecular complexity index is 749. The number of amides is 3. The van der Waals surface area contributed by atoms with Crippen LogP contribution in [0.2, 0.25) is 0 Å². The molecule has 3 rings (SSSR count). The average Bonchev–Trinajstić information content (AvgIpc) is 2.73. The highest BCUT2D eigenvalue weighted by atomic mass is 16.2. The summed E-state index contributed by atoms with van der Waals surface area (Å²) in [6.07, 6.45) is 6.50. The molecule has 2 fully saturated rings. The molecule has 1 aliphatic carbocycles. The number of piperidine rings is 1. The highest BCUT2D eigenvalue weighted by molar-refractivity contribution is 5.95. The van der Waals surface area contributed by atoms with Crippen molar-refractivity contribution in [3.8, 4) is 0 Å². The predicted octanol–water partition coefficient (Wildman–Crippen LogP) is 2.94. The third-order valence-electron chi connectivity index (χ3n) is 6.29. The molecule has 7 nitrogen and oxygen atoms in total. The smallest absolute Gasteiger partial charge is 0.243 e. The lowest BCUT2D eigenvalue weighted by Gasteiger charge is -2.41. The first-order valence-electron chi connectivity index (χ1n) is 11.1. The van der Waals surface area contributed by atoms with Crippen LogP contribution >= 0.6 is 0 Å². The molecule has 7 heteroatoms. The van der Waals surface area contributed by atoms with Gasteiger partial charge in [0.15, 0.2) is 0 Å². The second kappa shape index (κ2) is 10.6. The number of likely N-dealkylation sites (tertiary alicyclic amines) is 1. The number of likely N-dealkylation sites (N-methyl/N-ethyl adjacent to an activating group) is 1. The number of hydrogen-bond acceptors (Lipinski definition) is 4. The zero-order chi connectivity index (χ0) is 21.5. The van der Waals surface area contributed by atoms with E-state index in [1.165, 1.54) is 39.0 Å². The molecule has 164 valence electrons. The van der Waals surface area contributed by atoms with Crippen LogP contribution in [0.3, 0.4) is 0 Å². The van der Waals surface area contributed by atoms with Gasteiger partial charge in [-0.25, -0.2) is 0 Å². The Labute approximate surface area is 179 Å². The second-order valence-corrected chi connectivity index (χ2v) is 8.54. The van der Waals surface area contributed by atoms with Gasteiger partial charge in [0.2, 0.25) is 17.7 Å². The maximum Gasteiger partial charge on any atom is 0.243 e. The minimum absolute atomic E-state index is 0.0166. The Morgan fingerprint density at radius 2 is 1.63 bits per heavy atom. The molecule has 0 bridgehead atoms. The topological polar surface area (TPSA) is 81.8 Å². The van der Waals surface area contributed by atoms with E-state index in [1.54, 1.807) is 29.2 Å². The van der Waals surface area contributed by atoms with Crippen molar-refractivity contribution < 1.29 is 14.4 Å². The van der Waals surface area contributed by atoms with E-state index in [9.17, 15) is 14.4 Å². The zero-order valence-corrected chi connectivity index (χ0v) is 18.2. The number of benzene rings is 1. The normalized spacial score (nSPS) is 21.4. The number of nitrogens with zero attached hydrogens (tertiary/aromatic N) is 2. The molecule has 1 aromatic rings. The minimum Gasteiger partial charge on any atom is -0.333 e. The SMILES string of the molecule is CCN(CC(=O)Nc1ccc(NC(C)=O)cc1)C(=O)CN1CC[C@@H]2CCCC[C@@H]2C1. The molecule has 1 aliphatic heterocycles. The third-order valence-corrected chi connectivity index (χ3v) is 6.29. The van der Waals surface area contributed by atoms with Crippen molar-refractivity contribution in [2.75, 3.05) is 43.4 Å². The molecule has 2 aliphatic rings. The molecule has 2 N–H and O–H groups in total. The van der Waals surface area contributed by atoms with Gasteiger partial charge in [0, 0.05) is 31.4 Å². The van der Waals surface area contributed by atoms with Crippen molar-refractivity contribution in [2.45, 2.75) is 46.0 Å². The zero-order valence-electron chi connectivity index (χ0n) is 18.2. The van der Waals surface area contributed by atoms with Crippen molar-refractivity contribution in [1.29, 1.82) is 0 Å². The first-order chi connectivity index (χ1) is 14.4. The lowest BCUT2D eigenvalue weighted by Crippen LogP contribution is -2.48. The molecule has 1 saturated heterocycles. The van der Waals surface area contributed by atoms with E-state index in [1.807, 2.05) is 6.92 Å². The Balaban J connectivity index is 1.47. The molecule has 0 unspecified atom stereocenters. The van der Waals surface area contributed by atoms with Crippen molar-refractivity contribution in [2.24, 2.45) is 11.8 Å². The van der Waals surface area contributed by atoms with E-state index in [0.717, 1.165) is 24.9 Å². The molecule has 1 aromatic carbocycles. The minimum atomic E-state index is -0.219. The summed E-state index contributed by atoms with van der Waals surface area (Å²) in [5.74, 6) is 1.23. The standard InChI is InChI=1S/C23H34N4O3/c1-3-27(15-22(29)25-21-10-8-20(9-11-21)24-17(2)28)23(30)16-26-13-12-18-6-4-5-7-19(18)14-26/h8-11,18-19H,3-7,12-16H2,1-2H3,(H,24,28)(H,25,29)/t18-,19+/m0/s1. The van der Waals surface area contributed by atoms with E-state index in [0.29, 0.717) is 24.5 Å². The van der Waals surface area contributed by atoms with E-state index in [-0.39, 0.29) is 24.3 Å². The maximum absolute atomic E-state index is 12.8. The first-order valence-corrected chi connectivity index (χ1v) is 11.1. The van der Waals surface area contributed by atoms with Crippen molar-refractivity contribution >= 4 is 29.1 Å². The van der Waals surface area contributed by atoms with Gasteiger partial charge in [-0.05, 0) is 62.4 Å². The van der Waals surface area contributed by atoms with E-state index in [2.05, 4.69) is 15.5 Å². The van der Waals surface area contributed by atoms with Gasteiger partial charge in [0.05, 0.1) is 13.1 Å². The van der Waals surface area contributed by atoms with E-state index < -0.39 is 0 Å². The van der Waals surface area contributed by atoms with Crippen LogP contribution in [0.25, 0.3) is 0 Å². The van der Waals surface area contributed by atoms with E-state index in [4.69, 9.17) is 0 Å². The highest BCUT2D eigenvalue weighted by Crippen LogP contribution is 2.35. The van der Waals surface area contributed by atoms with Crippen LogP contribution in [-0.4, -0.2) is 60.2 Å². The summed E-state index contributed by atoms with van der Waals surface area (Å²) >= 11 is 0. The summed E-state index contributed by atoms with van der Waals surface area (Å²) in [7, 11) is 0. The average molecular weight is 415 g/mol. The fourth-order valence-electron chi connectivity index (χ4n) is 4.70. The molecular weight excluding hydrogens is 380 g/mol. The fraction of sp³-hybridized carbons (Fsp3) is 0.609. The molecule has 1 saturated carbocycles. The lowest BCUT2D eigenvalue weighted by molar-refractivity contribution is -0.136. The molecular formula is C23H34N4O3. The van der Waals surface area contributed by atoms with Crippen LogP contribution in [0.5, 0.6) is 0 Å². The van der Waals surface area contributed by atoms with Crippen molar-refractivity contribution in [1.82, 2.24) is 9.80 Å². The summed E-state index contributed by atoms with van der Waals surface area (Å²) in [6.45, 7) is 6.30. The van der Waals surface area contributed by atoms with Crippen LogP contribution in [0.4, 0.5) is 11.4 Å². The Kier molecular flexibility index (Phi) is 7.85. The van der Waals surface area contributed by atoms with Crippen molar-refractivity contribution in [3.63, 3.8) is 0 Å². The van der Waals surface area contributed by atoms with Crippen LogP contribution in [0.1, 0.15) is 46.0 Å². The summed E-state index contributed by atoms with van der Waals surface area (Å²) < 4.78 is 0. The number of carbonyl (C=O) groups excluding carboxylic acids is 3. The van der Waals surface area contributed by atoms with Gasteiger partial charge in [-0.3, -0.25) is 19.3 Å². The second-order valence-electron chi connectivity index (χ2n) is 8.54. The summed E-state index contributed by atoms with van der Waals surface area (Å²) in [5.41, 5.74) is 1.31. The van der Waals surface area contributed by atoms with Gasteiger partial charge in [0.25, 0.3) is 0 Å². The maximum atomic E-state index is 12.8. The van der Waals surface area contributed by atoms with Gasteiger partial charge in [-0.15, -0.1) is 0 Å². The van der Waals surface area contributed by atoms with Crippen LogP contribution < -0.4 is 10.6 Å². The van der Waals surface area contributed by atoms with Gasteiger partial charge in [0.1, 0.15) is 0 Å². The molecule has 2 atom stereocenters. The quantitative estimate of drug-likeness (QED) is 0.719. The Hall–Kier alpha value is -2.41. The van der Waals surface area contributed by atoms with Crippen LogP contribution in [-0.2, 0) is 14.4 Å². The molecule has 0 spiro atoms. The molecule has 1 heterocycles. The molecule has 30 heavy (non-hydrogen) atoms. The number of fused-ring (bicyclic) bond motifs is 1. The lowest BCUT2D eigenvalue weighted by atomic mass is 9.75. The monoisotopic (exact) mass is 414 g/mol. The molecule has 0 radical (unpaired) electrons. The van der Waals surface area contributed by atoms with Crippen LogP contribution in [0, 0.1) is 11.8 Å². The predicted molar refractivity (Wildman–Crippen MR) is 118 cm³/mol. The van der Waals surface area contributed by atoms with E-state index >= 15 is 0 Å². The number of hydrogen-bond donors (Lipinski definition) is 2.